The van der Waals surface area contributed by atoms with Crippen LogP contribution in [0.5, 0.6) is 0 Å². The summed E-state index contributed by atoms with van der Waals surface area (Å²) in [6.45, 7) is 4.09. The molecule has 138 valence electrons. The van der Waals surface area contributed by atoms with Gasteiger partial charge in [-0.05, 0) is 37.1 Å². The molecule has 0 aromatic heterocycles. The zero-order valence-corrected chi connectivity index (χ0v) is 15.8. The summed E-state index contributed by atoms with van der Waals surface area (Å²) in [7, 11) is 0. The number of hydrogen-bond acceptors (Lipinski definition) is 3. The van der Waals surface area contributed by atoms with Crippen LogP contribution in [-0.4, -0.2) is 18.4 Å². The molecule has 0 spiro atoms. The fourth-order valence-corrected chi connectivity index (χ4v) is 2.61. The van der Waals surface area contributed by atoms with Crippen molar-refractivity contribution in [2.45, 2.75) is 32.7 Å². The Morgan fingerprint density at radius 1 is 1.04 bits per heavy atom. The Morgan fingerprint density at radius 3 is 2.46 bits per heavy atom. The number of benzene rings is 2. The second kappa shape index (κ2) is 9.94. The first-order valence-corrected chi connectivity index (χ1v) is 9.05. The van der Waals surface area contributed by atoms with Gasteiger partial charge in [-0.3, -0.25) is 9.59 Å². The number of halogens is 1. The summed E-state index contributed by atoms with van der Waals surface area (Å²) < 4.78 is 0. The Labute approximate surface area is 159 Å². The second-order valence-corrected chi connectivity index (χ2v) is 6.46. The van der Waals surface area contributed by atoms with E-state index in [1.807, 2.05) is 44.2 Å². The van der Waals surface area contributed by atoms with Gasteiger partial charge in [0.05, 0.1) is 17.3 Å². The Morgan fingerprint density at radius 2 is 1.77 bits per heavy atom. The number of carbonyl (C=O) groups is 2. The van der Waals surface area contributed by atoms with Gasteiger partial charge in [0.15, 0.2) is 0 Å². The fourth-order valence-electron chi connectivity index (χ4n) is 2.45. The molecular formula is C20H24ClN3O2. The van der Waals surface area contributed by atoms with Crippen LogP contribution in [0.2, 0.25) is 5.02 Å². The minimum absolute atomic E-state index is 0.0529. The zero-order valence-electron chi connectivity index (χ0n) is 15.0. The van der Waals surface area contributed by atoms with Gasteiger partial charge in [-0.1, -0.05) is 48.9 Å². The van der Waals surface area contributed by atoms with Crippen LogP contribution in [0.3, 0.4) is 0 Å². The molecule has 0 radical (unpaired) electrons. The SMILES string of the molecule is CCCC(=O)Nc1ccc(Cl)c(NC(=O)CNC(C)c2ccccc2)c1. The molecule has 0 aliphatic heterocycles. The van der Waals surface area contributed by atoms with E-state index in [-0.39, 0.29) is 24.4 Å². The Kier molecular flexibility index (Phi) is 7.63. The molecule has 26 heavy (non-hydrogen) atoms. The maximum atomic E-state index is 12.2. The van der Waals surface area contributed by atoms with Crippen LogP contribution in [0.15, 0.2) is 48.5 Å². The molecule has 0 aliphatic carbocycles. The summed E-state index contributed by atoms with van der Waals surface area (Å²) in [6, 6.07) is 15.0. The summed E-state index contributed by atoms with van der Waals surface area (Å²) in [6.07, 6.45) is 1.22. The van der Waals surface area contributed by atoms with Crippen molar-refractivity contribution in [3.8, 4) is 0 Å². The predicted octanol–water partition coefficient (Wildman–Crippen LogP) is 4.37. The average molecular weight is 374 g/mol. The number of nitrogens with one attached hydrogen (secondary N) is 3. The number of amides is 2. The molecule has 0 heterocycles. The van der Waals surface area contributed by atoms with Crippen molar-refractivity contribution in [3.05, 3.63) is 59.1 Å². The minimum Gasteiger partial charge on any atom is -0.326 e. The third kappa shape index (κ3) is 6.17. The lowest BCUT2D eigenvalue weighted by Crippen LogP contribution is -2.30. The molecule has 0 saturated heterocycles. The summed E-state index contributed by atoms with van der Waals surface area (Å²) in [5.41, 5.74) is 2.19. The first kappa shape index (κ1) is 19.9. The first-order chi connectivity index (χ1) is 12.5. The highest BCUT2D eigenvalue weighted by Crippen LogP contribution is 2.25. The average Bonchev–Trinajstić information content (AvgIpc) is 2.63. The first-order valence-electron chi connectivity index (χ1n) is 8.67. The molecule has 2 aromatic rings. The number of rotatable bonds is 8. The van der Waals surface area contributed by atoms with E-state index in [1.54, 1.807) is 18.2 Å². The lowest BCUT2D eigenvalue weighted by atomic mass is 10.1. The van der Waals surface area contributed by atoms with E-state index < -0.39 is 0 Å². The van der Waals surface area contributed by atoms with Gasteiger partial charge < -0.3 is 16.0 Å². The Bertz CT molecular complexity index is 750. The van der Waals surface area contributed by atoms with E-state index in [0.717, 1.165) is 12.0 Å². The fraction of sp³-hybridized carbons (Fsp3) is 0.300. The van der Waals surface area contributed by atoms with Crippen molar-refractivity contribution in [2.75, 3.05) is 17.2 Å². The molecule has 0 saturated carbocycles. The predicted molar refractivity (Wildman–Crippen MR) is 106 cm³/mol. The van der Waals surface area contributed by atoms with Crippen molar-refractivity contribution in [1.82, 2.24) is 5.32 Å². The van der Waals surface area contributed by atoms with Crippen molar-refractivity contribution >= 4 is 34.8 Å². The summed E-state index contributed by atoms with van der Waals surface area (Å²) >= 11 is 6.15. The Hall–Kier alpha value is -2.37. The van der Waals surface area contributed by atoms with E-state index in [2.05, 4.69) is 16.0 Å². The third-order valence-electron chi connectivity index (χ3n) is 3.87. The topological polar surface area (TPSA) is 70.2 Å². The van der Waals surface area contributed by atoms with Crippen molar-refractivity contribution in [2.24, 2.45) is 0 Å². The lowest BCUT2D eigenvalue weighted by molar-refractivity contribution is -0.116. The van der Waals surface area contributed by atoms with Crippen molar-refractivity contribution in [3.63, 3.8) is 0 Å². The molecule has 0 aliphatic rings. The number of carbonyl (C=O) groups excluding carboxylic acids is 2. The number of anilines is 2. The lowest BCUT2D eigenvalue weighted by Gasteiger charge is -2.15. The maximum Gasteiger partial charge on any atom is 0.238 e. The van der Waals surface area contributed by atoms with Crippen LogP contribution in [0.25, 0.3) is 0 Å². The van der Waals surface area contributed by atoms with E-state index in [1.165, 1.54) is 0 Å². The zero-order chi connectivity index (χ0) is 18.9. The van der Waals surface area contributed by atoms with E-state index in [0.29, 0.717) is 22.8 Å². The summed E-state index contributed by atoms with van der Waals surface area (Å²) in [5.74, 6) is -0.267. The van der Waals surface area contributed by atoms with E-state index in [4.69, 9.17) is 11.6 Å². The van der Waals surface area contributed by atoms with Crippen molar-refractivity contribution < 1.29 is 9.59 Å². The van der Waals surface area contributed by atoms with Crippen molar-refractivity contribution in [1.29, 1.82) is 0 Å². The number of hydrogen-bond donors (Lipinski definition) is 3. The van der Waals surface area contributed by atoms with Crippen LogP contribution in [0, 0.1) is 0 Å². The molecular weight excluding hydrogens is 350 g/mol. The van der Waals surface area contributed by atoms with Gasteiger partial charge in [0, 0.05) is 18.2 Å². The highest BCUT2D eigenvalue weighted by Gasteiger charge is 2.10. The van der Waals surface area contributed by atoms with E-state index >= 15 is 0 Å². The third-order valence-corrected chi connectivity index (χ3v) is 4.20. The van der Waals surface area contributed by atoms with Crippen LogP contribution < -0.4 is 16.0 Å². The van der Waals surface area contributed by atoms with Gasteiger partial charge in [0.1, 0.15) is 0 Å². The minimum atomic E-state index is -0.202. The van der Waals surface area contributed by atoms with Crippen LogP contribution in [0.4, 0.5) is 11.4 Å². The molecule has 6 heteroatoms. The van der Waals surface area contributed by atoms with Gasteiger partial charge in [-0.25, -0.2) is 0 Å². The Balaban J connectivity index is 1.92. The van der Waals surface area contributed by atoms with Gasteiger partial charge in [-0.2, -0.15) is 0 Å². The monoisotopic (exact) mass is 373 g/mol. The molecule has 5 nitrogen and oxygen atoms in total. The van der Waals surface area contributed by atoms with Crippen LogP contribution >= 0.6 is 11.6 Å². The van der Waals surface area contributed by atoms with Gasteiger partial charge in [0.2, 0.25) is 11.8 Å². The molecule has 2 amide bonds. The summed E-state index contributed by atoms with van der Waals surface area (Å²) in [5, 5.41) is 9.17. The highest BCUT2D eigenvalue weighted by atomic mass is 35.5. The summed E-state index contributed by atoms with van der Waals surface area (Å²) in [4.78, 5) is 23.9. The van der Waals surface area contributed by atoms with Gasteiger partial charge >= 0.3 is 0 Å². The van der Waals surface area contributed by atoms with Crippen LogP contribution in [-0.2, 0) is 9.59 Å². The second-order valence-electron chi connectivity index (χ2n) is 6.05. The smallest absolute Gasteiger partial charge is 0.238 e. The molecule has 1 atom stereocenters. The van der Waals surface area contributed by atoms with E-state index in [9.17, 15) is 9.59 Å². The standard InChI is InChI=1S/C20H24ClN3O2/c1-3-7-19(25)23-16-10-11-17(21)18(12-16)24-20(26)13-22-14(2)15-8-5-4-6-9-15/h4-6,8-12,14,22H,3,7,13H2,1-2H3,(H,23,25)(H,24,26). The highest BCUT2D eigenvalue weighted by molar-refractivity contribution is 6.33. The van der Waals surface area contributed by atoms with Crippen LogP contribution in [0.1, 0.15) is 38.3 Å². The molecule has 0 bridgehead atoms. The molecule has 2 rings (SSSR count). The molecule has 3 N–H and O–H groups in total. The van der Waals surface area contributed by atoms with Gasteiger partial charge in [-0.15, -0.1) is 0 Å². The normalized spacial score (nSPS) is 11.7. The quantitative estimate of drug-likeness (QED) is 0.643. The molecule has 2 aromatic carbocycles. The molecule has 1 unspecified atom stereocenters. The largest absolute Gasteiger partial charge is 0.326 e. The van der Waals surface area contributed by atoms with Gasteiger partial charge in [0.25, 0.3) is 0 Å². The maximum absolute atomic E-state index is 12.2. The molecule has 0 fully saturated rings.